The number of phenols is 1. The zero-order valence-corrected chi connectivity index (χ0v) is 19.3. The maximum atomic E-state index is 14.0. The summed E-state index contributed by atoms with van der Waals surface area (Å²) in [5.41, 5.74) is 1.06. The van der Waals surface area contributed by atoms with Gasteiger partial charge in [0.25, 0.3) is 5.69 Å². The molecule has 2 unspecified atom stereocenters. The Morgan fingerprint density at radius 2 is 2.06 bits per heavy atom. The van der Waals surface area contributed by atoms with Crippen molar-refractivity contribution in [2.45, 2.75) is 39.3 Å². The lowest BCUT2D eigenvalue weighted by Crippen LogP contribution is -2.40. The fraction of sp³-hybridized carbons (Fsp3) is 0.458. The number of hydrogen-bond donors (Lipinski definition) is 1. The maximum Gasteiger partial charge on any atom is 0.273 e. The molecule has 178 valence electrons. The van der Waals surface area contributed by atoms with Crippen molar-refractivity contribution in [2.75, 3.05) is 26.7 Å². The molecule has 9 heteroatoms. The van der Waals surface area contributed by atoms with E-state index in [2.05, 4.69) is 4.90 Å². The first-order valence-corrected chi connectivity index (χ1v) is 10.9. The average Bonchev–Trinajstić information content (AvgIpc) is 3.15. The fourth-order valence-corrected chi connectivity index (χ4v) is 4.62. The molecule has 0 saturated carbocycles. The van der Waals surface area contributed by atoms with Gasteiger partial charge < -0.3 is 14.7 Å². The van der Waals surface area contributed by atoms with Crippen LogP contribution < -0.4 is 4.74 Å². The number of phenolic OH excluding ortho intramolecular Hbond substituents is 1. The third kappa shape index (κ3) is 5.60. The van der Waals surface area contributed by atoms with Crippen LogP contribution in [0, 0.1) is 21.8 Å². The number of carbonyl (C=O) groups excluding carboxylic acids is 1. The van der Waals surface area contributed by atoms with Crippen LogP contribution >= 0.6 is 0 Å². The van der Waals surface area contributed by atoms with Gasteiger partial charge in [-0.2, -0.15) is 0 Å². The molecule has 0 aliphatic carbocycles. The number of benzene rings is 2. The number of non-ortho nitro benzene ring substituents is 1. The predicted molar refractivity (Wildman–Crippen MR) is 122 cm³/mol. The highest BCUT2D eigenvalue weighted by Crippen LogP contribution is 2.39. The van der Waals surface area contributed by atoms with E-state index < -0.39 is 4.92 Å². The smallest absolute Gasteiger partial charge is 0.273 e. The summed E-state index contributed by atoms with van der Waals surface area (Å²) in [5, 5.41) is 21.9. The molecule has 2 aromatic rings. The molecule has 1 heterocycles. The van der Waals surface area contributed by atoms with Gasteiger partial charge in [-0.15, -0.1) is 0 Å². The van der Waals surface area contributed by atoms with Gasteiger partial charge in [0.2, 0.25) is 5.91 Å². The molecule has 1 saturated heterocycles. The fourth-order valence-electron chi connectivity index (χ4n) is 4.62. The van der Waals surface area contributed by atoms with Gasteiger partial charge in [-0.25, -0.2) is 4.39 Å². The molecule has 0 radical (unpaired) electrons. The molecule has 8 nitrogen and oxygen atoms in total. The molecule has 2 atom stereocenters. The molecular formula is C24H30FN3O5. The maximum absolute atomic E-state index is 14.0. The molecule has 1 fully saturated rings. The zero-order valence-electron chi connectivity index (χ0n) is 19.3. The summed E-state index contributed by atoms with van der Waals surface area (Å²) in [4.78, 5) is 26.9. The molecule has 2 aromatic carbocycles. The van der Waals surface area contributed by atoms with Gasteiger partial charge in [0.15, 0.2) is 11.5 Å². The number of aromatic hydroxyl groups is 1. The minimum Gasteiger partial charge on any atom is -0.504 e. The molecule has 1 N–H and O–H groups in total. The Kier molecular flexibility index (Phi) is 7.53. The molecule has 3 rings (SSSR count). The quantitative estimate of drug-likeness (QED) is 0.475. The molecule has 0 spiro atoms. The van der Waals surface area contributed by atoms with Gasteiger partial charge in [0.05, 0.1) is 18.1 Å². The summed E-state index contributed by atoms with van der Waals surface area (Å²) in [5.74, 6) is -0.453. The lowest BCUT2D eigenvalue weighted by Gasteiger charge is -2.30. The average molecular weight is 460 g/mol. The van der Waals surface area contributed by atoms with Gasteiger partial charge in [-0.1, -0.05) is 12.1 Å². The van der Waals surface area contributed by atoms with E-state index in [0.717, 1.165) is 5.56 Å². The van der Waals surface area contributed by atoms with Crippen molar-refractivity contribution < 1.29 is 24.0 Å². The molecule has 1 aliphatic heterocycles. The summed E-state index contributed by atoms with van der Waals surface area (Å²) >= 11 is 0. The van der Waals surface area contributed by atoms with Crippen LogP contribution in [0.1, 0.15) is 37.8 Å². The third-order valence-electron chi connectivity index (χ3n) is 6.22. The zero-order chi connectivity index (χ0) is 24.3. The first kappa shape index (κ1) is 24.4. The van der Waals surface area contributed by atoms with E-state index in [4.69, 9.17) is 4.74 Å². The second-order valence-corrected chi connectivity index (χ2v) is 8.79. The van der Waals surface area contributed by atoms with E-state index in [1.54, 1.807) is 11.0 Å². The van der Waals surface area contributed by atoms with Crippen molar-refractivity contribution >= 4 is 11.6 Å². The second kappa shape index (κ2) is 10.2. The van der Waals surface area contributed by atoms with Crippen LogP contribution in [-0.2, 0) is 11.3 Å². The van der Waals surface area contributed by atoms with Crippen molar-refractivity contribution in [3.63, 3.8) is 0 Å². The van der Waals surface area contributed by atoms with Crippen molar-refractivity contribution in [3.8, 4) is 11.5 Å². The van der Waals surface area contributed by atoms with Crippen LogP contribution in [0.5, 0.6) is 11.5 Å². The number of likely N-dealkylation sites (tertiary alicyclic amines) is 1. The van der Waals surface area contributed by atoms with E-state index in [1.165, 1.54) is 38.3 Å². The Morgan fingerprint density at radius 1 is 1.33 bits per heavy atom. The van der Waals surface area contributed by atoms with Gasteiger partial charge in [0.1, 0.15) is 5.82 Å². The minimum atomic E-state index is -0.527. The highest BCUT2D eigenvalue weighted by Gasteiger charge is 2.36. The van der Waals surface area contributed by atoms with Gasteiger partial charge in [-0.05, 0) is 37.5 Å². The van der Waals surface area contributed by atoms with E-state index in [0.29, 0.717) is 25.2 Å². The number of rotatable bonds is 8. The highest BCUT2D eigenvalue weighted by molar-refractivity contribution is 5.73. The summed E-state index contributed by atoms with van der Waals surface area (Å²) < 4.78 is 19.1. The second-order valence-electron chi connectivity index (χ2n) is 8.79. The van der Waals surface area contributed by atoms with E-state index in [9.17, 15) is 24.4 Å². The van der Waals surface area contributed by atoms with Gasteiger partial charge >= 0.3 is 0 Å². The normalized spacial score (nSPS) is 18.5. The number of nitrogens with zero attached hydrogens (tertiary/aromatic N) is 3. The number of nitro groups is 1. The third-order valence-corrected chi connectivity index (χ3v) is 6.22. The van der Waals surface area contributed by atoms with Gasteiger partial charge in [0, 0.05) is 56.7 Å². The van der Waals surface area contributed by atoms with E-state index in [1.807, 2.05) is 19.9 Å². The van der Waals surface area contributed by atoms with Crippen molar-refractivity contribution in [3.05, 3.63) is 63.5 Å². The van der Waals surface area contributed by atoms with Crippen LogP contribution in [0.4, 0.5) is 10.1 Å². The minimum absolute atomic E-state index is 0.0230. The van der Waals surface area contributed by atoms with Crippen molar-refractivity contribution in [1.29, 1.82) is 0 Å². The number of halogens is 1. The largest absolute Gasteiger partial charge is 0.504 e. The number of hydrogen-bond acceptors (Lipinski definition) is 6. The number of amides is 1. The molecule has 1 amide bonds. The van der Waals surface area contributed by atoms with Gasteiger partial charge in [-0.3, -0.25) is 19.8 Å². The molecule has 33 heavy (non-hydrogen) atoms. The van der Waals surface area contributed by atoms with Crippen LogP contribution in [0.2, 0.25) is 0 Å². The highest BCUT2D eigenvalue weighted by atomic mass is 19.1. The standard InChI is InChI=1S/C24H30FN3O5/c1-15(2)27(16(3)29)13-19-12-26(14-22(19)17-6-5-7-20(25)8-17)11-18-9-21(28(31)32)10-23(33-4)24(18)30/h5-10,15,19,22,30H,11-14H2,1-4H3. The summed E-state index contributed by atoms with van der Waals surface area (Å²) in [7, 11) is 1.34. The number of carbonyl (C=O) groups is 1. The molecular weight excluding hydrogens is 429 g/mol. The van der Waals surface area contributed by atoms with E-state index >= 15 is 0 Å². The van der Waals surface area contributed by atoms with Crippen LogP contribution in [0.15, 0.2) is 36.4 Å². The first-order chi connectivity index (χ1) is 15.6. The Labute approximate surface area is 192 Å². The molecule has 1 aliphatic rings. The predicted octanol–water partition coefficient (Wildman–Crippen LogP) is 3.92. The monoisotopic (exact) mass is 459 g/mol. The Morgan fingerprint density at radius 3 is 2.64 bits per heavy atom. The van der Waals surface area contributed by atoms with E-state index in [-0.39, 0.29) is 53.3 Å². The summed E-state index contributed by atoms with van der Waals surface area (Å²) in [6.45, 7) is 7.36. The Hall–Kier alpha value is -3.20. The number of nitro benzene ring substituents is 1. The van der Waals surface area contributed by atoms with Crippen molar-refractivity contribution in [2.24, 2.45) is 5.92 Å². The molecule has 0 aromatic heterocycles. The summed E-state index contributed by atoms with van der Waals surface area (Å²) in [6, 6.07) is 9.03. The Bertz CT molecular complexity index is 1030. The number of methoxy groups -OCH3 is 1. The topological polar surface area (TPSA) is 96.2 Å². The SMILES string of the molecule is COc1cc([N+](=O)[O-])cc(CN2CC(CN(C(C)=O)C(C)C)C(c3cccc(F)c3)C2)c1O. The molecule has 0 bridgehead atoms. The van der Waals surface area contributed by atoms with Crippen LogP contribution in [-0.4, -0.2) is 58.5 Å². The van der Waals surface area contributed by atoms with Crippen LogP contribution in [0.3, 0.4) is 0 Å². The van der Waals surface area contributed by atoms with Crippen molar-refractivity contribution in [1.82, 2.24) is 9.80 Å². The first-order valence-electron chi connectivity index (χ1n) is 10.9. The van der Waals surface area contributed by atoms with Crippen LogP contribution in [0.25, 0.3) is 0 Å². The number of ether oxygens (including phenoxy) is 1. The lowest BCUT2D eigenvalue weighted by atomic mass is 9.88. The summed E-state index contributed by atoms with van der Waals surface area (Å²) in [6.07, 6.45) is 0. The lowest BCUT2D eigenvalue weighted by molar-refractivity contribution is -0.385. The Balaban J connectivity index is 1.91.